The van der Waals surface area contributed by atoms with Crippen LogP contribution in [0.1, 0.15) is 17.3 Å². The van der Waals surface area contributed by atoms with Crippen molar-refractivity contribution in [3.05, 3.63) is 29.8 Å². The Labute approximate surface area is 108 Å². The van der Waals surface area contributed by atoms with Gasteiger partial charge in [-0.25, -0.2) is 4.79 Å². The van der Waals surface area contributed by atoms with E-state index in [0.29, 0.717) is 12.2 Å². The zero-order valence-electron chi connectivity index (χ0n) is 11.1. The second-order valence-corrected chi connectivity index (χ2v) is 4.56. The first kappa shape index (κ1) is 12.9. The van der Waals surface area contributed by atoms with Crippen LogP contribution >= 0.6 is 0 Å². The van der Waals surface area contributed by atoms with Crippen LogP contribution in [0.15, 0.2) is 24.3 Å². The van der Waals surface area contributed by atoms with E-state index < -0.39 is 0 Å². The molecule has 1 aromatic rings. The Hall–Kier alpha value is -1.55. The van der Waals surface area contributed by atoms with E-state index in [2.05, 4.69) is 16.8 Å². The minimum Gasteiger partial charge on any atom is -0.462 e. The lowest BCUT2D eigenvalue weighted by molar-refractivity contribution is 0.0526. The lowest BCUT2D eigenvalue weighted by Crippen LogP contribution is -2.44. The normalized spacial score (nSPS) is 16.7. The van der Waals surface area contributed by atoms with Crippen LogP contribution in [-0.2, 0) is 4.74 Å². The van der Waals surface area contributed by atoms with Gasteiger partial charge in [0.05, 0.1) is 12.2 Å². The third-order valence-corrected chi connectivity index (χ3v) is 3.25. The first-order chi connectivity index (χ1) is 8.70. The highest BCUT2D eigenvalue weighted by Gasteiger charge is 2.14. The lowest BCUT2D eigenvalue weighted by Gasteiger charge is -2.34. The molecule has 0 aliphatic carbocycles. The third-order valence-electron chi connectivity index (χ3n) is 3.25. The number of anilines is 1. The highest BCUT2D eigenvalue weighted by Crippen LogP contribution is 2.17. The van der Waals surface area contributed by atoms with Crippen molar-refractivity contribution in [2.45, 2.75) is 6.92 Å². The fourth-order valence-corrected chi connectivity index (χ4v) is 2.09. The molecule has 1 saturated heterocycles. The van der Waals surface area contributed by atoms with E-state index in [0.717, 1.165) is 26.2 Å². The number of carbonyl (C=O) groups is 1. The van der Waals surface area contributed by atoms with Gasteiger partial charge in [-0.3, -0.25) is 0 Å². The van der Waals surface area contributed by atoms with Crippen LogP contribution in [-0.4, -0.2) is 50.7 Å². The average molecular weight is 248 g/mol. The van der Waals surface area contributed by atoms with Crippen molar-refractivity contribution in [2.24, 2.45) is 0 Å². The van der Waals surface area contributed by atoms with Gasteiger partial charge in [-0.15, -0.1) is 0 Å². The molecule has 4 heteroatoms. The predicted octanol–water partition coefficient (Wildman–Crippen LogP) is 1.62. The van der Waals surface area contributed by atoms with Gasteiger partial charge >= 0.3 is 5.97 Å². The first-order valence-corrected chi connectivity index (χ1v) is 6.41. The molecule has 0 N–H and O–H groups in total. The van der Waals surface area contributed by atoms with E-state index in [4.69, 9.17) is 4.74 Å². The molecule has 2 rings (SSSR count). The molecule has 1 heterocycles. The SMILES string of the molecule is CCOC(=O)c1ccc(N2CCN(C)CC2)cc1. The van der Waals surface area contributed by atoms with Crippen molar-refractivity contribution in [1.82, 2.24) is 4.90 Å². The summed E-state index contributed by atoms with van der Waals surface area (Å²) in [5.74, 6) is -0.248. The van der Waals surface area contributed by atoms with Crippen LogP contribution in [0.2, 0.25) is 0 Å². The number of ether oxygens (including phenoxy) is 1. The molecule has 98 valence electrons. The molecule has 0 aromatic heterocycles. The van der Waals surface area contributed by atoms with Crippen LogP contribution in [0.5, 0.6) is 0 Å². The summed E-state index contributed by atoms with van der Waals surface area (Å²) in [7, 11) is 2.14. The second kappa shape index (κ2) is 5.87. The maximum atomic E-state index is 11.5. The summed E-state index contributed by atoms with van der Waals surface area (Å²) in [6.45, 7) is 6.47. The molecular weight excluding hydrogens is 228 g/mol. The largest absolute Gasteiger partial charge is 0.462 e. The molecular formula is C14H20N2O2. The fourth-order valence-electron chi connectivity index (χ4n) is 2.09. The Morgan fingerprint density at radius 2 is 1.78 bits per heavy atom. The Morgan fingerprint density at radius 1 is 1.17 bits per heavy atom. The zero-order valence-corrected chi connectivity index (χ0v) is 11.1. The Bertz CT molecular complexity index is 395. The number of hydrogen-bond acceptors (Lipinski definition) is 4. The summed E-state index contributed by atoms with van der Waals surface area (Å²) in [5, 5.41) is 0. The van der Waals surface area contributed by atoms with E-state index in [1.165, 1.54) is 5.69 Å². The Kier molecular flexibility index (Phi) is 4.20. The molecule has 4 nitrogen and oxygen atoms in total. The van der Waals surface area contributed by atoms with Gasteiger partial charge in [0, 0.05) is 31.9 Å². The van der Waals surface area contributed by atoms with Gasteiger partial charge in [-0.2, -0.15) is 0 Å². The molecule has 1 aliphatic rings. The maximum Gasteiger partial charge on any atom is 0.338 e. The van der Waals surface area contributed by atoms with E-state index >= 15 is 0 Å². The molecule has 0 amide bonds. The number of likely N-dealkylation sites (N-methyl/N-ethyl adjacent to an activating group) is 1. The number of esters is 1. The molecule has 0 unspecified atom stereocenters. The van der Waals surface area contributed by atoms with Crippen LogP contribution in [0, 0.1) is 0 Å². The Morgan fingerprint density at radius 3 is 2.33 bits per heavy atom. The molecule has 0 saturated carbocycles. The molecule has 0 bridgehead atoms. The highest BCUT2D eigenvalue weighted by molar-refractivity contribution is 5.89. The van der Waals surface area contributed by atoms with Crippen LogP contribution in [0.25, 0.3) is 0 Å². The number of nitrogens with zero attached hydrogens (tertiary/aromatic N) is 2. The van der Waals surface area contributed by atoms with E-state index in [9.17, 15) is 4.79 Å². The van der Waals surface area contributed by atoms with Crippen molar-refractivity contribution in [1.29, 1.82) is 0 Å². The van der Waals surface area contributed by atoms with Crippen molar-refractivity contribution in [3.8, 4) is 0 Å². The minimum atomic E-state index is -0.248. The summed E-state index contributed by atoms with van der Waals surface area (Å²) in [4.78, 5) is 16.2. The summed E-state index contributed by atoms with van der Waals surface area (Å²) in [6.07, 6.45) is 0. The second-order valence-electron chi connectivity index (χ2n) is 4.56. The fraction of sp³-hybridized carbons (Fsp3) is 0.500. The average Bonchev–Trinajstić information content (AvgIpc) is 2.40. The number of rotatable bonds is 3. The van der Waals surface area contributed by atoms with Gasteiger partial charge in [0.2, 0.25) is 0 Å². The summed E-state index contributed by atoms with van der Waals surface area (Å²) < 4.78 is 4.97. The lowest BCUT2D eigenvalue weighted by atomic mass is 10.2. The quantitative estimate of drug-likeness (QED) is 0.761. The van der Waals surface area contributed by atoms with Gasteiger partial charge in [0.25, 0.3) is 0 Å². The van der Waals surface area contributed by atoms with Crippen LogP contribution in [0.4, 0.5) is 5.69 Å². The van der Waals surface area contributed by atoms with E-state index in [-0.39, 0.29) is 5.97 Å². The van der Waals surface area contributed by atoms with Gasteiger partial charge in [0.1, 0.15) is 0 Å². The topological polar surface area (TPSA) is 32.8 Å². The molecule has 1 fully saturated rings. The number of piperazine rings is 1. The smallest absolute Gasteiger partial charge is 0.338 e. The van der Waals surface area contributed by atoms with E-state index in [1.807, 2.05) is 31.2 Å². The van der Waals surface area contributed by atoms with Gasteiger partial charge in [-0.05, 0) is 38.2 Å². The third kappa shape index (κ3) is 3.01. The molecule has 0 spiro atoms. The highest BCUT2D eigenvalue weighted by atomic mass is 16.5. The summed E-state index contributed by atoms with van der Waals surface area (Å²) in [5.41, 5.74) is 1.80. The number of carbonyl (C=O) groups excluding carboxylic acids is 1. The van der Waals surface area contributed by atoms with Crippen molar-refractivity contribution in [2.75, 3.05) is 44.7 Å². The summed E-state index contributed by atoms with van der Waals surface area (Å²) in [6, 6.07) is 7.67. The van der Waals surface area contributed by atoms with Crippen LogP contribution in [0.3, 0.4) is 0 Å². The van der Waals surface area contributed by atoms with E-state index in [1.54, 1.807) is 0 Å². The number of benzene rings is 1. The molecule has 18 heavy (non-hydrogen) atoms. The van der Waals surface area contributed by atoms with Gasteiger partial charge in [0.15, 0.2) is 0 Å². The first-order valence-electron chi connectivity index (χ1n) is 6.41. The zero-order chi connectivity index (χ0) is 13.0. The molecule has 0 radical (unpaired) electrons. The standard InChI is InChI=1S/C14H20N2O2/c1-3-18-14(17)12-4-6-13(7-5-12)16-10-8-15(2)9-11-16/h4-7H,3,8-11H2,1-2H3. The van der Waals surface area contributed by atoms with Crippen molar-refractivity contribution in [3.63, 3.8) is 0 Å². The van der Waals surface area contributed by atoms with Gasteiger partial charge in [-0.1, -0.05) is 0 Å². The minimum absolute atomic E-state index is 0.248. The van der Waals surface area contributed by atoms with Crippen LogP contribution < -0.4 is 4.90 Å². The summed E-state index contributed by atoms with van der Waals surface area (Å²) >= 11 is 0. The predicted molar refractivity (Wildman–Crippen MR) is 72.1 cm³/mol. The van der Waals surface area contributed by atoms with Gasteiger partial charge < -0.3 is 14.5 Å². The van der Waals surface area contributed by atoms with Crippen molar-refractivity contribution < 1.29 is 9.53 Å². The Balaban J connectivity index is 2.01. The number of hydrogen-bond donors (Lipinski definition) is 0. The maximum absolute atomic E-state index is 11.5. The van der Waals surface area contributed by atoms with Crippen molar-refractivity contribution >= 4 is 11.7 Å². The monoisotopic (exact) mass is 248 g/mol. The molecule has 0 atom stereocenters. The molecule has 1 aromatic carbocycles. The molecule has 1 aliphatic heterocycles.